The van der Waals surface area contributed by atoms with Gasteiger partial charge in [-0.05, 0) is 24.6 Å². The Morgan fingerprint density at radius 3 is 2.32 bits per heavy atom. The van der Waals surface area contributed by atoms with E-state index in [0.717, 1.165) is 5.56 Å². The van der Waals surface area contributed by atoms with E-state index in [1.165, 1.54) is 7.11 Å². The molecular weight excluding hydrogens is 306 g/mol. The predicted octanol–water partition coefficient (Wildman–Crippen LogP) is 2.12. The van der Waals surface area contributed by atoms with Gasteiger partial charge in [0.05, 0.1) is 13.0 Å². The number of carbonyl (C=O) groups excluding carboxylic acids is 1. The molecule has 2 atom stereocenters. The molecule has 0 amide bonds. The van der Waals surface area contributed by atoms with Crippen molar-refractivity contribution in [2.75, 3.05) is 20.3 Å². The molecule has 0 aliphatic heterocycles. The van der Waals surface area contributed by atoms with Gasteiger partial charge in [-0.15, -0.1) is 12.4 Å². The number of aliphatic hydroxyl groups is 1. The summed E-state index contributed by atoms with van der Waals surface area (Å²) in [5.74, 6) is 0.100. The number of nitrogens with one attached hydrogen (secondary N) is 1. The number of aliphatic hydroxyl groups excluding tert-OH is 1. The first kappa shape index (κ1) is 20.7. The van der Waals surface area contributed by atoms with Gasteiger partial charge in [0.1, 0.15) is 18.5 Å². The van der Waals surface area contributed by atoms with Crippen LogP contribution in [0.2, 0.25) is 0 Å². The zero-order valence-corrected chi connectivity index (χ0v) is 14.4. The Morgan fingerprint density at radius 1 is 1.23 bits per heavy atom. The van der Waals surface area contributed by atoms with Crippen molar-refractivity contribution in [2.45, 2.75) is 38.8 Å². The van der Waals surface area contributed by atoms with E-state index >= 15 is 0 Å². The first-order chi connectivity index (χ1) is 9.93. The molecule has 0 radical (unpaired) electrons. The van der Waals surface area contributed by atoms with E-state index in [-0.39, 0.29) is 30.9 Å². The number of hydrogen-bond acceptors (Lipinski definition) is 5. The number of benzene rings is 1. The summed E-state index contributed by atoms with van der Waals surface area (Å²) in [5.41, 5.74) is 0.872. The van der Waals surface area contributed by atoms with Crippen LogP contribution >= 0.6 is 12.4 Å². The van der Waals surface area contributed by atoms with Crippen LogP contribution in [0.4, 0.5) is 0 Å². The average molecular weight is 332 g/mol. The molecular formula is C16H26ClNO4. The van der Waals surface area contributed by atoms with Crippen LogP contribution in [0.1, 0.15) is 32.3 Å². The van der Waals surface area contributed by atoms with Gasteiger partial charge >= 0.3 is 5.97 Å². The molecule has 2 N–H and O–H groups in total. The van der Waals surface area contributed by atoms with Gasteiger partial charge in [-0.2, -0.15) is 0 Å². The SMILES string of the molecule is COC(=O)C(C)c1ccc(OCC(O)CNC(C)C)cc1.Cl. The smallest absolute Gasteiger partial charge is 0.312 e. The first-order valence-corrected chi connectivity index (χ1v) is 7.16. The summed E-state index contributed by atoms with van der Waals surface area (Å²) < 4.78 is 10.2. The summed E-state index contributed by atoms with van der Waals surface area (Å²) in [6.07, 6.45) is -0.555. The molecule has 6 heteroatoms. The van der Waals surface area contributed by atoms with Gasteiger partial charge in [0.2, 0.25) is 0 Å². The average Bonchev–Trinajstić information content (AvgIpc) is 2.49. The lowest BCUT2D eigenvalue weighted by Crippen LogP contribution is -2.35. The van der Waals surface area contributed by atoms with Crippen molar-refractivity contribution >= 4 is 18.4 Å². The molecule has 1 rings (SSSR count). The van der Waals surface area contributed by atoms with E-state index in [2.05, 4.69) is 5.32 Å². The molecule has 0 saturated heterocycles. The molecule has 0 bridgehead atoms. The van der Waals surface area contributed by atoms with Crippen molar-refractivity contribution in [1.29, 1.82) is 0 Å². The number of esters is 1. The van der Waals surface area contributed by atoms with Crippen LogP contribution in [-0.2, 0) is 9.53 Å². The summed E-state index contributed by atoms with van der Waals surface area (Å²) >= 11 is 0. The number of halogens is 1. The normalized spacial score (nSPS) is 13.2. The Morgan fingerprint density at radius 2 is 1.82 bits per heavy atom. The van der Waals surface area contributed by atoms with Gasteiger partial charge in [-0.1, -0.05) is 26.0 Å². The third kappa shape index (κ3) is 7.11. The largest absolute Gasteiger partial charge is 0.491 e. The predicted molar refractivity (Wildman–Crippen MR) is 88.8 cm³/mol. The van der Waals surface area contributed by atoms with E-state index in [4.69, 9.17) is 9.47 Å². The van der Waals surface area contributed by atoms with Crippen molar-refractivity contribution in [3.05, 3.63) is 29.8 Å². The van der Waals surface area contributed by atoms with Crippen LogP contribution in [-0.4, -0.2) is 43.5 Å². The summed E-state index contributed by atoms with van der Waals surface area (Å²) in [4.78, 5) is 11.4. The lowest BCUT2D eigenvalue weighted by Gasteiger charge is -2.15. The van der Waals surface area contributed by atoms with E-state index < -0.39 is 6.10 Å². The number of ether oxygens (including phenoxy) is 2. The highest BCUT2D eigenvalue weighted by Crippen LogP contribution is 2.20. The third-order valence-electron chi connectivity index (χ3n) is 3.14. The Labute approximate surface area is 138 Å². The van der Waals surface area contributed by atoms with Crippen LogP contribution in [0.5, 0.6) is 5.75 Å². The molecule has 2 unspecified atom stereocenters. The van der Waals surface area contributed by atoms with Crippen molar-refractivity contribution in [1.82, 2.24) is 5.32 Å². The molecule has 0 aliphatic rings. The molecule has 1 aromatic carbocycles. The number of methoxy groups -OCH3 is 1. The molecule has 0 spiro atoms. The zero-order valence-electron chi connectivity index (χ0n) is 13.5. The second kappa shape index (κ2) is 10.4. The summed E-state index contributed by atoms with van der Waals surface area (Å²) in [5, 5.41) is 12.9. The first-order valence-electron chi connectivity index (χ1n) is 7.16. The minimum atomic E-state index is -0.555. The fraction of sp³-hybridized carbons (Fsp3) is 0.562. The quantitative estimate of drug-likeness (QED) is 0.714. The molecule has 126 valence electrons. The second-order valence-corrected chi connectivity index (χ2v) is 5.34. The summed E-state index contributed by atoms with van der Waals surface area (Å²) in [6.45, 7) is 6.56. The maximum Gasteiger partial charge on any atom is 0.312 e. The van der Waals surface area contributed by atoms with Crippen LogP contribution < -0.4 is 10.1 Å². The monoisotopic (exact) mass is 331 g/mol. The lowest BCUT2D eigenvalue weighted by atomic mass is 10.0. The Balaban J connectivity index is 0.00000441. The van der Waals surface area contributed by atoms with Crippen LogP contribution in [0.3, 0.4) is 0 Å². The van der Waals surface area contributed by atoms with Crippen molar-refractivity contribution in [3.63, 3.8) is 0 Å². The fourth-order valence-corrected chi connectivity index (χ4v) is 1.79. The maximum atomic E-state index is 11.4. The van der Waals surface area contributed by atoms with Gasteiger partial charge in [0.15, 0.2) is 0 Å². The molecule has 0 heterocycles. The van der Waals surface area contributed by atoms with Crippen molar-refractivity contribution < 1.29 is 19.4 Å². The van der Waals surface area contributed by atoms with Crippen LogP contribution in [0.25, 0.3) is 0 Å². The van der Waals surface area contributed by atoms with Gasteiger partial charge < -0.3 is 19.9 Å². The topological polar surface area (TPSA) is 67.8 Å². The van der Waals surface area contributed by atoms with E-state index in [1.54, 1.807) is 19.1 Å². The van der Waals surface area contributed by atoms with E-state index in [9.17, 15) is 9.90 Å². The van der Waals surface area contributed by atoms with E-state index in [0.29, 0.717) is 18.3 Å². The van der Waals surface area contributed by atoms with Gasteiger partial charge in [-0.3, -0.25) is 4.79 Å². The highest BCUT2D eigenvalue weighted by molar-refractivity contribution is 5.85. The van der Waals surface area contributed by atoms with Crippen molar-refractivity contribution in [2.24, 2.45) is 0 Å². The van der Waals surface area contributed by atoms with Crippen LogP contribution in [0.15, 0.2) is 24.3 Å². The molecule has 0 fully saturated rings. The Kier molecular flexibility index (Phi) is 9.81. The Hall–Kier alpha value is -1.30. The maximum absolute atomic E-state index is 11.4. The van der Waals surface area contributed by atoms with E-state index in [1.807, 2.05) is 26.0 Å². The second-order valence-electron chi connectivity index (χ2n) is 5.34. The zero-order chi connectivity index (χ0) is 15.8. The summed E-state index contributed by atoms with van der Waals surface area (Å²) in [6, 6.07) is 7.57. The van der Waals surface area contributed by atoms with Gasteiger partial charge in [0.25, 0.3) is 0 Å². The minimum absolute atomic E-state index is 0. The molecule has 22 heavy (non-hydrogen) atoms. The third-order valence-corrected chi connectivity index (χ3v) is 3.14. The van der Waals surface area contributed by atoms with Crippen LogP contribution in [0, 0.1) is 0 Å². The standard InChI is InChI=1S/C16H25NO4.ClH/c1-11(2)17-9-14(18)10-21-15-7-5-13(6-8-15)12(3)16(19)20-4;/h5-8,11-12,14,17-18H,9-10H2,1-4H3;1H. The highest BCUT2D eigenvalue weighted by Gasteiger charge is 2.15. The number of rotatable bonds is 8. The number of hydrogen-bond donors (Lipinski definition) is 2. The van der Waals surface area contributed by atoms with Crippen molar-refractivity contribution in [3.8, 4) is 5.75 Å². The molecule has 0 aromatic heterocycles. The fourth-order valence-electron chi connectivity index (χ4n) is 1.79. The molecule has 1 aromatic rings. The van der Waals surface area contributed by atoms with Gasteiger partial charge in [0, 0.05) is 12.6 Å². The van der Waals surface area contributed by atoms with Gasteiger partial charge in [-0.25, -0.2) is 0 Å². The Bertz CT molecular complexity index is 436. The highest BCUT2D eigenvalue weighted by atomic mass is 35.5. The molecule has 0 saturated carbocycles. The summed E-state index contributed by atoms with van der Waals surface area (Å²) in [7, 11) is 1.38. The molecule has 0 aliphatic carbocycles. The lowest BCUT2D eigenvalue weighted by molar-refractivity contribution is -0.141. The minimum Gasteiger partial charge on any atom is -0.491 e. The molecule has 5 nitrogen and oxygen atoms in total. The number of carbonyl (C=O) groups is 1.